The summed E-state index contributed by atoms with van der Waals surface area (Å²) in [6, 6.07) is 0. The average Bonchev–Trinajstić information content (AvgIpc) is 2.01. The quantitative estimate of drug-likeness (QED) is 0.433. The van der Waals surface area contributed by atoms with Crippen LogP contribution in [0.2, 0.25) is 0 Å². The SMILES string of the molecule is CCN.Cl.O=C(O)CC(O)(CC(=O)O)C(=O)O. The van der Waals surface area contributed by atoms with E-state index in [2.05, 4.69) is 0 Å². The largest absolute Gasteiger partial charge is 0.481 e. The second-order valence-corrected chi connectivity index (χ2v) is 2.89. The van der Waals surface area contributed by atoms with Crippen molar-refractivity contribution in [2.45, 2.75) is 25.4 Å². The minimum absolute atomic E-state index is 0. The average molecular weight is 274 g/mol. The van der Waals surface area contributed by atoms with Gasteiger partial charge in [-0.1, -0.05) is 6.92 Å². The van der Waals surface area contributed by atoms with Crippen LogP contribution in [0.1, 0.15) is 19.8 Å². The number of nitrogens with two attached hydrogens (primary N) is 1. The molecule has 0 aliphatic rings. The summed E-state index contributed by atoms with van der Waals surface area (Å²) < 4.78 is 0. The van der Waals surface area contributed by atoms with Crippen LogP contribution < -0.4 is 5.73 Å². The third-order valence-corrected chi connectivity index (χ3v) is 1.29. The summed E-state index contributed by atoms with van der Waals surface area (Å²) in [5.41, 5.74) is 2.11. The fourth-order valence-corrected chi connectivity index (χ4v) is 0.714. The number of halogens is 1. The molecule has 0 heterocycles. The number of carboxylic acid groups (broad SMARTS) is 3. The van der Waals surface area contributed by atoms with Gasteiger partial charge in [-0.05, 0) is 6.54 Å². The van der Waals surface area contributed by atoms with Gasteiger partial charge in [0.1, 0.15) is 0 Å². The van der Waals surface area contributed by atoms with Crippen LogP contribution in [0.4, 0.5) is 0 Å². The molecule has 9 heteroatoms. The lowest BCUT2D eigenvalue weighted by Crippen LogP contribution is -2.42. The molecule has 0 unspecified atom stereocenters. The van der Waals surface area contributed by atoms with Crippen molar-refractivity contribution in [3.63, 3.8) is 0 Å². The van der Waals surface area contributed by atoms with Crippen molar-refractivity contribution in [1.29, 1.82) is 0 Å². The minimum Gasteiger partial charge on any atom is -0.481 e. The Morgan fingerprint density at radius 3 is 1.41 bits per heavy atom. The van der Waals surface area contributed by atoms with Crippen LogP contribution in [0.25, 0.3) is 0 Å². The van der Waals surface area contributed by atoms with E-state index in [0.717, 1.165) is 6.54 Å². The number of rotatable bonds is 5. The second kappa shape index (κ2) is 9.82. The van der Waals surface area contributed by atoms with Crippen LogP contribution >= 0.6 is 12.4 Å². The fourth-order valence-electron chi connectivity index (χ4n) is 0.714. The van der Waals surface area contributed by atoms with E-state index in [1.54, 1.807) is 0 Å². The molecule has 0 fully saturated rings. The Hall–Kier alpha value is -1.38. The Balaban J connectivity index is -0.000000440. The Bertz CT molecular complexity index is 253. The van der Waals surface area contributed by atoms with Crippen LogP contribution in [0.5, 0.6) is 0 Å². The minimum atomic E-state index is -2.74. The zero-order chi connectivity index (χ0) is 13.4. The lowest BCUT2D eigenvalue weighted by atomic mass is 9.96. The highest BCUT2D eigenvalue weighted by Crippen LogP contribution is 2.15. The molecule has 0 radical (unpaired) electrons. The third kappa shape index (κ3) is 10.9. The number of hydrogen-bond acceptors (Lipinski definition) is 5. The first kappa shape index (κ1) is 21.0. The summed E-state index contributed by atoms with van der Waals surface area (Å²) in [7, 11) is 0. The molecular formula is C8H16ClNO7. The van der Waals surface area contributed by atoms with Crippen LogP contribution in [0.3, 0.4) is 0 Å². The number of aliphatic carboxylic acids is 3. The van der Waals surface area contributed by atoms with Crippen molar-refractivity contribution in [2.75, 3.05) is 6.54 Å². The van der Waals surface area contributed by atoms with Gasteiger partial charge in [0.25, 0.3) is 0 Å². The van der Waals surface area contributed by atoms with Crippen molar-refractivity contribution in [3.8, 4) is 0 Å². The molecule has 0 aromatic heterocycles. The first-order valence-electron chi connectivity index (χ1n) is 4.29. The van der Waals surface area contributed by atoms with Gasteiger partial charge in [0.05, 0.1) is 12.8 Å². The predicted octanol–water partition coefficient (Wildman–Crippen LogP) is -0.862. The van der Waals surface area contributed by atoms with Gasteiger partial charge in [-0.25, -0.2) is 4.79 Å². The highest BCUT2D eigenvalue weighted by Gasteiger charge is 2.40. The first-order valence-corrected chi connectivity index (χ1v) is 4.29. The number of aliphatic hydroxyl groups is 1. The summed E-state index contributed by atoms with van der Waals surface area (Å²) in [5, 5.41) is 33.8. The van der Waals surface area contributed by atoms with E-state index in [0.29, 0.717) is 0 Å². The highest BCUT2D eigenvalue weighted by molar-refractivity contribution is 5.88. The molecule has 0 aliphatic carbocycles. The molecule has 0 amide bonds. The topological polar surface area (TPSA) is 158 Å². The Kier molecular flexibility index (Phi) is 12.1. The van der Waals surface area contributed by atoms with Crippen LogP contribution in [-0.2, 0) is 14.4 Å². The summed E-state index contributed by atoms with van der Waals surface area (Å²) >= 11 is 0. The van der Waals surface area contributed by atoms with Gasteiger partial charge in [0.2, 0.25) is 0 Å². The molecule has 8 nitrogen and oxygen atoms in total. The maximum absolute atomic E-state index is 10.3. The lowest BCUT2D eigenvalue weighted by Gasteiger charge is -2.18. The maximum atomic E-state index is 10.3. The highest BCUT2D eigenvalue weighted by atomic mass is 35.5. The normalized spacial score (nSPS) is 9.35. The van der Waals surface area contributed by atoms with Crippen molar-refractivity contribution >= 4 is 30.3 Å². The summed E-state index contributed by atoms with van der Waals surface area (Å²) in [6.45, 7) is 2.65. The molecule has 0 aliphatic heterocycles. The van der Waals surface area contributed by atoms with Gasteiger partial charge in [-0.2, -0.15) is 0 Å². The van der Waals surface area contributed by atoms with Crippen molar-refractivity contribution < 1.29 is 34.8 Å². The molecule has 0 aromatic rings. The predicted molar refractivity (Wildman–Crippen MR) is 59.1 cm³/mol. The van der Waals surface area contributed by atoms with Gasteiger partial charge in [0.15, 0.2) is 5.60 Å². The molecule has 102 valence electrons. The summed E-state index contributed by atoms with van der Waals surface area (Å²) in [6.07, 6.45) is -2.29. The maximum Gasteiger partial charge on any atom is 0.336 e. The van der Waals surface area contributed by atoms with Gasteiger partial charge >= 0.3 is 17.9 Å². The summed E-state index contributed by atoms with van der Waals surface area (Å²) in [5.74, 6) is -5.02. The van der Waals surface area contributed by atoms with E-state index in [1.165, 1.54) is 0 Å². The van der Waals surface area contributed by atoms with E-state index < -0.39 is 36.4 Å². The molecule has 0 saturated carbocycles. The third-order valence-electron chi connectivity index (χ3n) is 1.29. The molecule has 17 heavy (non-hydrogen) atoms. The number of carboxylic acids is 3. The Labute approximate surface area is 103 Å². The molecule has 0 saturated heterocycles. The first-order chi connectivity index (χ1) is 7.19. The molecule has 0 bridgehead atoms. The second-order valence-electron chi connectivity index (χ2n) is 2.89. The van der Waals surface area contributed by atoms with Gasteiger partial charge < -0.3 is 26.2 Å². The molecule has 0 rings (SSSR count). The number of carbonyl (C=O) groups is 3. The molecule has 0 atom stereocenters. The van der Waals surface area contributed by atoms with Crippen LogP contribution in [-0.4, -0.2) is 50.5 Å². The Morgan fingerprint density at radius 2 is 1.29 bits per heavy atom. The van der Waals surface area contributed by atoms with E-state index in [-0.39, 0.29) is 12.4 Å². The van der Waals surface area contributed by atoms with Gasteiger partial charge in [-0.3, -0.25) is 9.59 Å². The van der Waals surface area contributed by atoms with Gasteiger partial charge in [-0.15, -0.1) is 12.4 Å². The standard InChI is InChI=1S/C6H8O7.C2H7N.ClH/c7-3(8)1-6(13,5(11)12)2-4(9)10;1-2-3;/h13H,1-2H2,(H,7,8)(H,9,10)(H,11,12);2-3H2,1H3;1H. The monoisotopic (exact) mass is 273 g/mol. The number of hydrogen-bond donors (Lipinski definition) is 5. The lowest BCUT2D eigenvalue weighted by molar-refractivity contribution is -0.170. The van der Waals surface area contributed by atoms with Crippen molar-refractivity contribution in [2.24, 2.45) is 5.73 Å². The van der Waals surface area contributed by atoms with Crippen LogP contribution in [0.15, 0.2) is 0 Å². The van der Waals surface area contributed by atoms with E-state index in [4.69, 9.17) is 26.2 Å². The van der Waals surface area contributed by atoms with E-state index in [9.17, 15) is 14.4 Å². The smallest absolute Gasteiger partial charge is 0.336 e. The van der Waals surface area contributed by atoms with E-state index >= 15 is 0 Å². The van der Waals surface area contributed by atoms with Crippen molar-refractivity contribution in [3.05, 3.63) is 0 Å². The fraction of sp³-hybridized carbons (Fsp3) is 0.625. The zero-order valence-corrected chi connectivity index (χ0v) is 9.94. The van der Waals surface area contributed by atoms with Gasteiger partial charge in [0, 0.05) is 0 Å². The zero-order valence-electron chi connectivity index (χ0n) is 9.12. The Morgan fingerprint density at radius 1 is 1.06 bits per heavy atom. The van der Waals surface area contributed by atoms with Crippen LogP contribution in [0, 0.1) is 0 Å². The van der Waals surface area contributed by atoms with E-state index in [1.807, 2.05) is 6.92 Å². The molecular weight excluding hydrogens is 258 g/mol. The molecule has 0 aromatic carbocycles. The summed E-state index contributed by atoms with van der Waals surface area (Å²) in [4.78, 5) is 30.5. The molecule has 6 N–H and O–H groups in total. The van der Waals surface area contributed by atoms with Crippen molar-refractivity contribution in [1.82, 2.24) is 0 Å². The molecule has 0 spiro atoms.